The fraction of sp³-hybridized carbons (Fsp3) is 0.667. The molecule has 1 aromatic rings. The minimum absolute atomic E-state index is 0.0227. The summed E-state index contributed by atoms with van der Waals surface area (Å²) < 4.78 is 0. The number of amides is 2. The van der Waals surface area contributed by atoms with Crippen LogP contribution in [0.5, 0.6) is 0 Å². The third-order valence-corrected chi connectivity index (χ3v) is 5.85. The second kappa shape index (κ2) is 7.66. The Kier molecular flexibility index (Phi) is 5.56. The molecule has 3 rings (SSSR count). The van der Waals surface area contributed by atoms with Gasteiger partial charge in [-0.3, -0.25) is 14.5 Å². The highest BCUT2D eigenvalue weighted by Crippen LogP contribution is 2.43. The van der Waals surface area contributed by atoms with Crippen LogP contribution in [0.2, 0.25) is 0 Å². The molecule has 2 amide bonds. The molecule has 1 aromatic heterocycles. The third-order valence-electron chi connectivity index (χ3n) is 4.92. The summed E-state index contributed by atoms with van der Waals surface area (Å²) in [5, 5.41) is 5.07. The maximum atomic E-state index is 12.3. The van der Waals surface area contributed by atoms with Gasteiger partial charge in [-0.05, 0) is 61.6 Å². The molecular formula is C18H27N3O2S. The predicted octanol–water partition coefficient (Wildman–Crippen LogP) is 2.30. The first-order valence-corrected chi connectivity index (χ1v) is 9.76. The third kappa shape index (κ3) is 3.98. The Bertz CT molecular complexity index is 595. The normalized spacial score (nSPS) is 21.0. The minimum atomic E-state index is 0.0227. The molecule has 6 heteroatoms. The summed E-state index contributed by atoms with van der Waals surface area (Å²) in [4.78, 5) is 29.3. The summed E-state index contributed by atoms with van der Waals surface area (Å²) in [6.07, 6.45) is 5.34. The van der Waals surface area contributed by atoms with Crippen LogP contribution in [0.3, 0.4) is 0 Å². The molecule has 2 aliphatic rings. The molecule has 0 radical (unpaired) electrons. The Morgan fingerprint density at radius 2 is 2.12 bits per heavy atom. The van der Waals surface area contributed by atoms with E-state index in [0.717, 1.165) is 37.2 Å². The van der Waals surface area contributed by atoms with Gasteiger partial charge in [-0.25, -0.2) is 0 Å². The van der Waals surface area contributed by atoms with Crippen LogP contribution in [0.1, 0.15) is 53.3 Å². The number of hydrogen-bond acceptors (Lipinski definition) is 4. The van der Waals surface area contributed by atoms with Gasteiger partial charge in [0.05, 0.1) is 10.9 Å². The molecule has 24 heavy (non-hydrogen) atoms. The Morgan fingerprint density at radius 1 is 1.33 bits per heavy atom. The first-order chi connectivity index (χ1) is 11.6. The smallest absolute Gasteiger partial charge is 0.261 e. The second-order valence-electron chi connectivity index (χ2n) is 7.02. The van der Waals surface area contributed by atoms with Crippen molar-refractivity contribution in [3.05, 3.63) is 21.9 Å². The molecule has 0 aromatic carbocycles. The second-order valence-corrected chi connectivity index (χ2v) is 7.93. The van der Waals surface area contributed by atoms with Crippen molar-refractivity contribution in [2.24, 2.45) is 0 Å². The van der Waals surface area contributed by atoms with Crippen molar-refractivity contribution in [1.29, 1.82) is 0 Å². The molecule has 1 N–H and O–H groups in total. The van der Waals surface area contributed by atoms with Crippen LogP contribution in [0, 0.1) is 0 Å². The lowest BCUT2D eigenvalue weighted by atomic mass is 10.1. The van der Waals surface area contributed by atoms with Gasteiger partial charge < -0.3 is 10.2 Å². The average molecular weight is 350 g/mol. The SMILES string of the molecule is CN(C)C(=O)[C@@H]1CCCN1CCCNC(=O)c1sccc1C1CC1. The highest BCUT2D eigenvalue weighted by Gasteiger charge is 2.31. The zero-order valence-electron chi connectivity index (χ0n) is 14.6. The van der Waals surface area contributed by atoms with Crippen molar-refractivity contribution >= 4 is 23.2 Å². The molecule has 1 atom stereocenters. The topological polar surface area (TPSA) is 52.7 Å². The molecule has 2 heterocycles. The monoisotopic (exact) mass is 349 g/mol. The van der Waals surface area contributed by atoms with E-state index < -0.39 is 0 Å². The lowest BCUT2D eigenvalue weighted by molar-refractivity contribution is -0.133. The molecule has 1 aliphatic carbocycles. The van der Waals surface area contributed by atoms with Crippen molar-refractivity contribution in [3.63, 3.8) is 0 Å². The molecule has 5 nitrogen and oxygen atoms in total. The van der Waals surface area contributed by atoms with Crippen LogP contribution in [0.4, 0.5) is 0 Å². The minimum Gasteiger partial charge on any atom is -0.351 e. The first-order valence-electron chi connectivity index (χ1n) is 8.88. The van der Waals surface area contributed by atoms with E-state index in [1.165, 1.54) is 18.4 Å². The molecular weight excluding hydrogens is 322 g/mol. The number of carbonyl (C=O) groups is 2. The molecule has 2 fully saturated rings. The van der Waals surface area contributed by atoms with E-state index in [2.05, 4.69) is 16.3 Å². The van der Waals surface area contributed by atoms with E-state index in [4.69, 9.17) is 0 Å². The fourth-order valence-electron chi connectivity index (χ4n) is 3.46. The number of hydrogen-bond donors (Lipinski definition) is 1. The number of likely N-dealkylation sites (tertiary alicyclic amines) is 1. The standard InChI is InChI=1S/C18H27N3O2S/c1-20(2)18(23)15-5-3-10-21(15)11-4-9-19-17(22)16-14(8-12-24-16)13-6-7-13/h8,12-13,15H,3-7,9-11H2,1-2H3,(H,19,22)/t15-/m0/s1. The molecule has 1 saturated carbocycles. The van der Waals surface area contributed by atoms with Crippen molar-refractivity contribution in [3.8, 4) is 0 Å². The maximum Gasteiger partial charge on any atom is 0.261 e. The number of rotatable bonds is 7. The van der Waals surface area contributed by atoms with Gasteiger partial charge in [-0.1, -0.05) is 0 Å². The van der Waals surface area contributed by atoms with Gasteiger partial charge in [0.1, 0.15) is 0 Å². The van der Waals surface area contributed by atoms with Gasteiger partial charge in [0.2, 0.25) is 5.91 Å². The van der Waals surface area contributed by atoms with Crippen LogP contribution in [0.25, 0.3) is 0 Å². The summed E-state index contributed by atoms with van der Waals surface area (Å²) in [7, 11) is 3.63. The molecule has 132 valence electrons. The molecule has 1 aliphatic heterocycles. The van der Waals surface area contributed by atoms with E-state index in [9.17, 15) is 9.59 Å². The van der Waals surface area contributed by atoms with E-state index in [1.54, 1.807) is 16.2 Å². The van der Waals surface area contributed by atoms with Crippen molar-refractivity contribution in [2.45, 2.75) is 44.1 Å². The largest absolute Gasteiger partial charge is 0.351 e. The Labute approximate surface area is 148 Å². The predicted molar refractivity (Wildman–Crippen MR) is 96.5 cm³/mol. The molecule has 0 bridgehead atoms. The van der Waals surface area contributed by atoms with Crippen LogP contribution in [-0.2, 0) is 4.79 Å². The van der Waals surface area contributed by atoms with Crippen molar-refractivity contribution in [2.75, 3.05) is 33.7 Å². The van der Waals surface area contributed by atoms with Gasteiger partial charge in [0.25, 0.3) is 5.91 Å². The Balaban J connectivity index is 1.42. The number of thiophene rings is 1. The highest BCUT2D eigenvalue weighted by atomic mass is 32.1. The first kappa shape index (κ1) is 17.4. The van der Waals surface area contributed by atoms with Crippen molar-refractivity contribution < 1.29 is 9.59 Å². The summed E-state index contributed by atoms with van der Waals surface area (Å²) in [5.74, 6) is 0.873. The van der Waals surface area contributed by atoms with Crippen LogP contribution < -0.4 is 5.32 Å². The van der Waals surface area contributed by atoms with Crippen molar-refractivity contribution in [1.82, 2.24) is 15.1 Å². The zero-order chi connectivity index (χ0) is 17.1. The summed E-state index contributed by atoms with van der Waals surface area (Å²) in [5.41, 5.74) is 1.23. The molecule has 0 unspecified atom stereocenters. The quantitative estimate of drug-likeness (QED) is 0.769. The van der Waals surface area contributed by atoms with E-state index >= 15 is 0 Å². The summed E-state index contributed by atoms with van der Waals surface area (Å²) in [6, 6.07) is 2.12. The lowest BCUT2D eigenvalue weighted by Crippen LogP contribution is -2.43. The lowest BCUT2D eigenvalue weighted by Gasteiger charge is -2.26. The van der Waals surface area contributed by atoms with Crippen LogP contribution in [0.15, 0.2) is 11.4 Å². The van der Waals surface area contributed by atoms with E-state index in [1.807, 2.05) is 19.5 Å². The Morgan fingerprint density at radius 3 is 2.83 bits per heavy atom. The fourth-order valence-corrected chi connectivity index (χ4v) is 4.36. The summed E-state index contributed by atoms with van der Waals surface area (Å²) >= 11 is 1.54. The average Bonchev–Trinajstić information content (AvgIpc) is 3.11. The maximum absolute atomic E-state index is 12.3. The van der Waals surface area contributed by atoms with Gasteiger partial charge in [0, 0.05) is 27.2 Å². The van der Waals surface area contributed by atoms with Gasteiger partial charge in [0.15, 0.2) is 0 Å². The van der Waals surface area contributed by atoms with Crippen LogP contribution in [-0.4, -0.2) is 61.4 Å². The van der Waals surface area contributed by atoms with Crippen LogP contribution >= 0.6 is 11.3 Å². The van der Waals surface area contributed by atoms with E-state index in [-0.39, 0.29) is 17.9 Å². The number of carbonyl (C=O) groups excluding carboxylic acids is 2. The van der Waals surface area contributed by atoms with Gasteiger partial charge in [-0.15, -0.1) is 11.3 Å². The zero-order valence-corrected chi connectivity index (χ0v) is 15.4. The number of nitrogens with one attached hydrogen (secondary N) is 1. The number of nitrogens with zero attached hydrogens (tertiary/aromatic N) is 2. The van der Waals surface area contributed by atoms with Gasteiger partial charge >= 0.3 is 0 Å². The molecule has 1 saturated heterocycles. The molecule has 0 spiro atoms. The summed E-state index contributed by atoms with van der Waals surface area (Å²) in [6.45, 7) is 2.51. The Hall–Kier alpha value is -1.40. The number of likely N-dealkylation sites (N-methyl/N-ethyl adjacent to an activating group) is 1. The van der Waals surface area contributed by atoms with Gasteiger partial charge in [-0.2, -0.15) is 0 Å². The van der Waals surface area contributed by atoms with E-state index in [0.29, 0.717) is 12.5 Å². The highest BCUT2D eigenvalue weighted by molar-refractivity contribution is 7.12.